The summed E-state index contributed by atoms with van der Waals surface area (Å²) in [6.45, 7) is 5.88. The first-order chi connectivity index (χ1) is 7.27. The lowest BCUT2D eigenvalue weighted by Crippen LogP contribution is -2.34. The maximum absolute atomic E-state index is 4.24. The summed E-state index contributed by atoms with van der Waals surface area (Å²) in [5.41, 5.74) is 0. The summed E-state index contributed by atoms with van der Waals surface area (Å²) in [5, 5.41) is 6.88. The van der Waals surface area contributed by atoms with Gasteiger partial charge in [-0.1, -0.05) is 28.9 Å². The van der Waals surface area contributed by atoms with Gasteiger partial charge in [-0.2, -0.15) is 5.10 Å². The maximum atomic E-state index is 4.24. The minimum absolute atomic E-state index is 0.371. The van der Waals surface area contributed by atoms with Gasteiger partial charge in [0.25, 0.3) is 0 Å². The molecular weight excluding hydrogens is 256 g/mol. The highest BCUT2D eigenvalue weighted by molar-refractivity contribution is 9.11. The van der Waals surface area contributed by atoms with Gasteiger partial charge in [0.05, 0.1) is 6.04 Å². The lowest BCUT2D eigenvalue weighted by Gasteiger charge is -2.33. The third kappa shape index (κ3) is 2.66. The normalized spacial score (nSPS) is 22.9. The second-order valence-corrected chi connectivity index (χ2v) is 4.99. The molecule has 0 saturated carbocycles. The average Bonchev–Trinajstić information content (AvgIpc) is 2.70. The summed E-state index contributed by atoms with van der Waals surface area (Å²) < 4.78 is 1.02. The monoisotopic (exact) mass is 270 g/mol. The fraction of sp³-hybridized carbons (Fsp3) is 0.600. The van der Waals surface area contributed by atoms with E-state index in [0.717, 1.165) is 29.8 Å². The van der Waals surface area contributed by atoms with Crippen LogP contribution in [0.4, 0.5) is 0 Å². The average molecular weight is 271 g/mol. The number of nitrogens with zero attached hydrogens (tertiary/aromatic N) is 3. The maximum Gasteiger partial charge on any atom is 0.141 e. The third-order valence-corrected chi connectivity index (χ3v) is 2.99. The number of likely N-dealkylation sites (tertiary alicyclic amines) is 1. The van der Waals surface area contributed by atoms with Crippen molar-refractivity contribution in [3.8, 4) is 0 Å². The van der Waals surface area contributed by atoms with Gasteiger partial charge in [-0.25, -0.2) is 4.98 Å². The Morgan fingerprint density at radius 3 is 3.20 bits per heavy atom. The van der Waals surface area contributed by atoms with Gasteiger partial charge in [-0.15, -0.1) is 0 Å². The zero-order valence-corrected chi connectivity index (χ0v) is 10.2. The Labute approximate surface area is 97.9 Å². The van der Waals surface area contributed by atoms with Crippen molar-refractivity contribution in [1.82, 2.24) is 20.1 Å². The predicted molar refractivity (Wildman–Crippen MR) is 62.6 cm³/mol. The van der Waals surface area contributed by atoms with Crippen molar-refractivity contribution in [1.29, 1.82) is 0 Å². The van der Waals surface area contributed by atoms with E-state index >= 15 is 0 Å². The molecule has 1 N–H and O–H groups in total. The van der Waals surface area contributed by atoms with E-state index in [-0.39, 0.29) is 0 Å². The number of halogens is 1. The van der Waals surface area contributed by atoms with Gasteiger partial charge in [0.2, 0.25) is 0 Å². The molecule has 0 spiro atoms. The van der Waals surface area contributed by atoms with Crippen molar-refractivity contribution in [2.75, 3.05) is 13.1 Å². The Morgan fingerprint density at radius 1 is 1.67 bits per heavy atom. The molecule has 5 heteroatoms. The van der Waals surface area contributed by atoms with Gasteiger partial charge >= 0.3 is 0 Å². The molecule has 2 heterocycles. The van der Waals surface area contributed by atoms with Gasteiger partial charge < -0.3 is 0 Å². The number of hydrogen-bond acceptors (Lipinski definition) is 3. The summed E-state index contributed by atoms with van der Waals surface area (Å²) >= 11 is 3.42. The van der Waals surface area contributed by atoms with Crippen LogP contribution in [0, 0.1) is 0 Å². The fourth-order valence-corrected chi connectivity index (χ4v) is 2.41. The summed E-state index contributed by atoms with van der Waals surface area (Å²) in [4.78, 5) is 6.63. The largest absolute Gasteiger partial charge is 0.289 e. The van der Waals surface area contributed by atoms with Gasteiger partial charge in [0, 0.05) is 11.0 Å². The van der Waals surface area contributed by atoms with Crippen molar-refractivity contribution in [2.24, 2.45) is 0 Å². The van der Waals surface area contributed by atoms with Gasteiger partial charge in [-0.3, -0.25) is 10.00 Å². The molecule has 2 rings (SSSR count). The molecule has 1 atom stereocenters. The van der Waals surface area contributed by atoms with Crippen molar-refractivity contribution >= 4 is 15.9 Å². The van der Waals surface area contributed by atoms with E-state index < -0.39 is 0 Å². The molecule has 0 radical (unpaired) electrons. The van der Waals surface area contributed by atoms with Crippen LogP contribution in [0.5, 0.6) is 0 Å². The van der Waals surface area contributed by atoms with Crippen LogP contribution < -0.4 is 0 Å². The van der Waals surface area contributed by atoms with E-state index in [1.807, 2.05) is 0 Å². The smallest absolute Gasteiger partial charge is 0.141 e. The number of aromatic nitrogens is 3. The second kappa shape index (κ2) is 4.90. The van der Waals surface area contributed by atoms with Crippen molar-refractivity contribution < 1.29 is 0 Å². The Hall–Kier alpha value is -0.680. The highest BCUT2D eigenvalue weighted by Crippen LogP contribution is 2.29. The summed E-state index contributed by atoms with van der Waals surface area (Å²) in [5.74, 6) is 0.975. The van der Waals surface area contributed by atoms with E-state index in [1.165, 1.54) is 12.8 Å². The van der Waals surface area contributed by atoms with Gasteiger partial charge in [0.1, 0.15) is 12.2 Å². The molecule has 1 aromatic rings. The van der Waals surface area contributed by atoms with E-state index in [9.17, 15) is 0 Å². The first kappa shape index (κ1) is 10.8. The second-order valence-electron chi connectivity index (χ2n) is 3.87. The molecular formula is C10H15BrN4. The number of piperidine rings is 1. The van der Waals surface area contributed by atoms with Gasteiger partial charge in [0.15, 0.2) is 0 Å². The molecule has 1 saturated heterocycles. The summed E-state index contributed by atoms with van der Waals surface area (Å²) in [6, 6.07) is 0.371. The lowest BCUT2D eigenvalue weighted by atomic mass is 10.0. The molecule has 0 aliphatic carbocycles. The Morgan fingerprint density at radius 2 is 2.53 bits per heavy atom. The standard InChI is InChI=1S/C10H15BrN4/c1-8(11)6-15-5-3-2-4-9(15)10-12-7-13-14-10/h7,9H,1-6H2,(H,12,13,14)/t9-/m0/s1. The van der Waals surface area contributed by atoms with E-state index in [0.29, 0.717) is 6.04 Å². The molecule has 82 valence electrons. The fourth-order valence-electron chi connectivity index (χ4n) is 2.09. The number of aromatic amines is 1. The lowest BCUT2D eigenvalue weighted by molar-refractivity contribution is 0.158. The number of H-pyrrole nitrogens is 1. The first-order valence-electron chi connectivity index (χ1n) is 5.20. The predicted octanol–water partition coefficient (Wildman–Crippen LogP) is 2.24. The quantitative estimate of drug-likeness (QED) is 0.917. The van der Waals surface area contributed by atoms with Crippen LogP contribution in [0.3, 0.4) is 0 Å². The molecule has 0 unspecified atom stereocenters. The van der Waals surface area contributed by atoms with Crippen molar-refractivity contribution in [3.05, 3.63) is 23.2 Å². The topological polar surface area (TPSA) is 44.8 Å². The highest BCUT2D eigenvalue weighted by Gasteiger charge is 2.25. The molecule has 0 amide bonds. The Balaban J connectivity index is 2.09. The van der Waals surface area contributed by atoms with E-state index in [2.05, 4.69) is 42.6 Å². The molecule has 0 aromatic carbocycles. The van der Waals surface area contributed by atoms with Crippen LogP contribution in [0.25, 0.3) is 0 Å². The molecule has 1 aliphatic heterocycles. The van der Waals surface area contributed by atoms with Crippen molar-refractivity contribution in [2.45, 2.75) is 25.3 Å². The molecule has 1 aliphatic rings. The Kier molecular flexibility index (Phi) is 3.53. The van der Waals surface area contributed by atoms with Crippen LogP contribution in [-0.4, -0.2) is 33.2 Å². The van der Waals surface area contributed by atoms with Gasteiger partial charge in [-0.05, 0) is 19.4 Å². The number of hydrogen-bond donors (Lipinski definition) is 1. The highest BCUT2D eigenvalue weighted by atomic mass is 79.9. The van der Waals surface area contributed by atoms with Crippen LogP contribution in [0.2, 0.25) is 0 Å². The minimum atomic E-state index is 0.371. The molecule has 1 fully saturated rings. The summed E-state index contributed by atoms with van der Waals surface area (Å²) in [7, 11) is 0. The SMILES string of the molecule is C=C(Br)CN1CCCC[C@H]1c1ncn[nH]1. The van der Waals surface area contributed by atoms with E-state index in [4.69, 9.17) is 0 Å². The van der Waals surface area contributed by atoms with Crippen molar-refractivity contribution in [3.63, 3.8) is 0 Å². The van der Waals surface area contributed by atoms with Crippen LogP contribution >= 0.6 is 15.9 Å². The zero-order valence-electron chi connectivity index (χ0n) is 8.62. The first-order valence-corrected chi connectivity index (χ1v) is 5.99. The van der Waals surface area contributed by atoms with Crippen LogP contribution in [0.1, 0.15) is 31.1 Å². The zero-order chi connectivity index (χ0) is 10.7. The Bertz CT molecular complexity index is 322. The molecule has 4 nitrogen and oxygen atoms in total. The summed E-state index contributed by atoms with van der Waals surface area (Å²) in [6.07, 6.45) is 5.24. The molecule has 1 aromatic heterocycles. The van der Waals surface area contributed by atoms with Crippen LogP contribution in [-0.2, 0) is 0 Å². The minimum Gasteiger partial charge on any atom is -0.289 e. The molecule has 0 bridgehead atoms. The molecule has 15 heavy (non-hydrogen) atoms. The third-order valence-electron chi connectivity index (χ3n) is 2.74. The number of rotatable bonds is 3. The number of nitrogens with one attached hydrogen (secondary N) is 1. The van der Waals surface area contributed by atoms with Crippen LogP contribution in [0.15, 0.2) is 17.4 Å². The van der Waals surface area contributed by atoms with E-state index in [1.54, 1.807) is 6.33 Å².